The van der Waals surface area contributed by atoms with Crippen LogP contribution in [-0.4, -0.2) is 66.6 Å². The molecule has 3 aliphatic heterocycles. The number of aliphatic imine (C=N–C) groups is 1. The highest BCUT2D eigenvalue weighted by atomic mass is 32.2. The van der Waals surface area contributed by atoms with Crippen LogP contribution in [0.3, 0.4) is 0 Å². The van der Waals surface area contributed by atoms with Crippen LogP contribution in [0.5, 0.6) is 11.5 Å². The highest BCUT2D eigenvalue weighted by molar-refractivity contribution is 8.16. The van der Waals surface area contributed by atoms with Crippen LogP contribution in [-0.2, 0) is 19.4 Å². The average Bonchev–Trinajstić information content (AvgIpc) is 3.11. The lowest BCUT2D eigenvalue weighted by Crippen LogP contribution is -2.37. The lowest BCUT2D eigenvalue weighted by Gasteiger charge is -2.26. The summed E-state index contributed by atoms with van der Waals surface area (Å²) in [7, 11) is -3.16. The maximum absolute atomic E-state index is 12.3. The summed E-state index contributed by atoms with van der Waals surface area (Å²) in [6, 6.07) is 5.01. The first-order valence-electron chi connectivity index (χ1n) is 9.22. The smallest absolute Gasteiger partial charge is 0.303 e. The van der Waals surface area contributed by atoms with Gasteiger partial charge < -0.3 is 19.5 Å². The lowest BCUT2D eigenvalue weighted by molar-refractivity contribution is -0.137. The fraction of sp³-hybridized carbons (Fsp3) is 0.500. The molecule has 0 radical (unpaired) electrons. The molecule has 1 N–H and O–H groups in total. The van der Waals surface area contributed by atoms with E-state index in [4.69, 9.17) is 14.6 Å². The van der Waals surface area contributed by atoms with E-state index in [9.17, 15) is 18.0 Å². The largest absolute Gasteiger partial charge is 0.486 e. The zero-order valence-corrected chi connectivity index (χ0v) is 17.1. The van der Waals surface area contributed by atoms with E-state index in [0.717, 1.165) is 0 Å². The number of benzene rings is 1. The molecule has 3 heterocycles. The standard InChI is InChI=1S/C18H20N2O7S2/c21-16(2-1-3-17(22)23)19-18-20(12-9-29(24,25)10-15(12)28-18)11-4-5-13-14(8-11)27-7-6-26-13/h4-5,8,12,15H,1-3,6-7,9-10H2,(H,22,23)/t12-,15-/m0/s1. The van der Waals surface area contributed by atoms with Gasteiger partial charge in [-0.15, -0.1) is 0 Å². The Balaban J connectivity index is 1.62. The predicted octanol–water partition coefficient (Wildman–Crippen LogP) is 1.31. The number of amides is 1. The molecule has 4 rings (SSSR count). The number of aliphatic carboxylic acids is 1. The Morgan fingerprint density at radius 2 is 1.93 bits per heavy atom. The van der Waals surface area contributed by atoms with Gasteiger partial charge in [0, 0.05) is 29.8 Å². The summed E-state index contributed by atoms with van der Waals surface area (Å²) in [5.41, 5.74) is 0.684. The molecule has 29 heavy (non-hydrogen) atoms. The molecule has 9 nitrogen and oxygen atoms in total. The zero-order valence-electron chi connectivity index (χ0n) is 15.4. The molecule has 0 aromatic heterocycles. The summed E-state index contributed by atoms with van der Waals surface area (Å²) in [6.07, 6.45) is 0.138. The predicted molar refractivity (Wildman–Crippen MR) is 108 cm³/mol. The van der Waals surface area contributed by atoms with Crippen molar-refractivity contribution in [2.24, 2.45) is 4.99 Å². The van der Waals surface area contributed by atoms with Crippen LogP contribution in [0.4, 0.5) is 5.69 Å². The van der Waals surface area contributed by atoms with Crippen LogP contribution in [0.2, 0.25) is 0 Å². The normalized spacial score (nSPS) is 25.8. The Labute approximate surface area is 172 Å². The van der Waals surface area contributed by atoms with Gasteiger partial charge in [0.05, 0.1) is 17.5 Å². The molecule has 156 valence electrons. The molecule has 0 bridgehead atoms. The first-order chi connectivity index (χ1) is 13.8. The first-order valence-corrected chi connectivity index (χ1v) is 11.9. The molecule has 1 amide bonds. The van der Waals surface area contributed by atoms with Gasteiger partial charge in [-0.1, -0.05) is 11.8 Å². The number of hydrogen-bond acceptors (Lipinski definition) is 7. The molecule has 0 spiro atoms. The second-order valence-corrected chi connectivity index (χ2v) is 10.4. The molecule has 2 atom stereocenters. The van der Waals surface area contributed by atoms with Gasteiger partial charge in [0.1, 0.15) is 13.2 Å². The molecule has 0 unspecified atom stereocenters. The summed E-state index contributed by atoms with van der Waals surface area (Å²) < 4.78 is 35.4. The van der Waals surface area contributed by atoms with Crippen molar-refractivity contribution in [1.82, 2.24) is 0 Å². The zero-order chi connectivity index (χ0) is 20.6. The van der Waals surface area contributed by atoms with Crippen molar-refractivity contribution in [1.29, 1.82) is 0 Å². The molecule has 1 aromatic carbocycles. The van der Waals surface area contributed by atoms with E-state index in [1.165, 1.54) is 11.8 Å². The number of anilines is 1. The Morgan fingerprint density at radius 3 is 2.69 bits per heavy atom. The van der Waals surface area contributed by atoms with Crippen LogP contribution in [0.25, 0.3) is 0 Å². The maximum atomic E-state index is 12.3. The fourth-order valence-electron chi connectivity index (χ4n) is 3.60. The quantitative estimate of drug-likeness (QED) is 0.722. The molecule has 2 saturated heterocycles. The number of ether oxygens (including phenoxy) is 2. The van der Waals surface area contributed by atoms with Gasteiger partial charge in [-0.05, 0) is 18.6 Å². The van der Waals surface area contributed by atoms with E-state index in [2.05, 4.69) is 4.99 Å². The number of carbonyl (C=O) groups is 2. The van der Waals surface area contributed by atoms with Gasteiger partial charge in [-0.25, -0.2) is 8.42 Å². The molecular formula is C18H20N2O7S2. The molecule has 0 aliphatic carbocycles. The Bertz CT molecular complexity index is 976. The number of fused-ring (bicyclic) bond motifs is 2. The lowest BCUT2D eigenvalue weighted by atomic mass is 10.2. The van der Waals surface area contributed by atoms with Crippen molar-refractivity contribution >= 4 is 44.3 Å². The molecular weight excluding hydrogens is 420 g/mol. The van der Waals surface area contributed by atoms with Crippen LogP contribution in [0, 0.1) is 0 Å². The van der Waals surface area contributed by atoms with Gasteiger partial charge in [-0.2, -0.15) is 4.99 Å². The van der Waals surface area contributed by atoms with E-state index in [-0.39, 0.29) is 42.1 Å². The van der Waals surface area contributed by atoms with Crippen molar-refractivity contribution < 1.29 is 32.6 Å². The Hall–Kier alpha value is -2.27. The van der Waals surface area contributed by atoms with Crippen LogP contribution < -0.4 is 14.4 Å². The third-order valence-corrected chi connectivity index (χ3v) is 8.08. The molecule has 3 aliphatic rings. The first kappa shape index (κ1) is 20.0. The second kappa shape index (κ2) is 7.86. The molecule has 0 saturated carbocycles. The molecule has 1 aromatic rings. The Morgan fingerprint density at radius 1 is 1.17 bits per heavy atom. The topological polar surface area (TPSA) is 123 Å². The van der Waals surface area contributed by atoms with Crippen LogP contribution >= 0.6 is 11.8 Å². The summed E-state index contributed by atoms with van der Waals surface area (Å²) in [6.45, 7) is 0.890. The Kier molecular flexibility index (Phi) is 5.43. The van der Waals surface area contributed by atoms with Crippen LogP contribution in [0.15, 0.2) is 23.2 Å². The van der Waals surface area contributed by atoms with Crippen molar-refractivity contribution in [2.45, 2.75) is 30.6 Å². The fourth-order valence-corrected chi connectivity index (χ4v) is 7.53. The number of carboxylic acids is 1. The number of thioether (sulfide) groups is 1. The van der Waals surface area contributed by atoms with Gasteiger partial charge in [0.2, 0.25) is 5.91 Å². The van der Waals surface area contributed by atoms with E-state index in [1.807, 2.05) is 0 Å². The third-order valence-electron chi connectivity index (χ3n) is 4.87. The second-order valence-electron chi connectivity index (χ2n) is 7.03. The average molecular weight is 440 g/mol. The summed E-state index contributed by atoms with van der Waals surface area (Å²) >= 11 is 1.28. The minimum absolute atomic E-state index is 0.00860. The number of nitrogens with zero attached hydrogens (tertiary/aromatic N) is 2. The van der Waals surface area contributed by atoms with E-state index < -0.39 is 21.7 Å². The number of hydrogen-bond donors (Lipinski definition) is 1. The van der Waals surface area contributed by atoms with Gasteiger partial charge in [-0.3, -0.25) is 9.59 Å². The maximum Gasteiger partial charge on any atom is 0.303 e. The van der Waals surface area contributed by atoms with E-state index in [0.29, 0.717) is 35.6 Å². The minimum Gasteiger partial charge on any atom is -0.486 e. The summed E-state index contributed by atoms with van der Waals surface area (Å²) in [5, 5.41) is 8.95. The third kappa shape index (κ3) is 4.35. The number of rotatable bonds is 5. The van der Waals surface area contributed by atoms with Crippen molar-refractivity contribution in [3.63, 3.8) is 0 Å². The van der Waals surface area contributed by atoms with Gasteiger partial charge in [0.15, 0.2) is 26.5 Å². The SMILES string of the molecule is O=C(O)CCCC(=O)N=C1S[C@H]2CS(=O)(=O)C[C@@H]2N1c1ccc2c(c1)OCCO2. The minimum atomic E-state index is -3.16. The number of sulfone groups is 1. The highest BCUT2D eigenvalue weighted by Gasteiger charge is 2.49. The van der Waals surface area contributed by atoms with Crippen molar-refractivity contribution in [3.8, 4) is 11.5 Å². The van der Waals surface area contributed by atoms with Crippen molar-refractivity contribution in [2.75, 3.05) is 29.6 Å². The van der Waals surface area contributed by atoms with Gasteiger partial charge >= 0.3 is 5.97 Å². The van der Waals surface area contributed by atoms with E-state index in [1.54, 1.807) is 23.1 Å². The summed E-state index contributed by atoms with van der Waals surface area (Å²) in [5.74, 6) is -0.167. The monoisotopic (exact) mass is 440 g/mol. The van der Waals surface area contributed by atoms with Crippen molar-refractivity contribution in [3.05, 3.63) is 18.2 Å². The van der Waals surface area contributed by atoms with Gasteiger partial charge in [0.25, 0.3) is 0 Å². The van der Waals surface area contributed by atoms with E-state index >= 15 is 0 Å². The van der Waals surface area contributed by atoms with Crippen LogP contribution in [0.1, 0.15) is 19.3 Å². The number of amidine groups is 1. The highest BCUT2D eigenvalue weighted by Crippen LogP contribution is 2.43. The number of carbonyl (C=O) groups excluding carboxylic acids is 1. The molecule has 2 fully saturated rings. The molecule has 11 heteroatoms. The number of carboxylic acid groups (broad SMARTS) is 1. The summed E-state index contributed by atoms with van der Waals surface area (Å²) in [4.78, 5) is 28.9.